The zero-order chi connectivity index (χ0) is 10.7. The highest BCUT2D eigenvalue weighted by Gasteiger charge is 2.04. The minimum absolute atomic E-state index is 0.124. The van der Waals surface area contributed by atoms with Gasteiger partial charge < -0.3 is 5.32 Å². The zero-order valence-corrected chi connectivity index (χ0v) is 8.93. The van der Waals surface area contributed by atoms with E-state index in [9.17, 15) is 13.2 Å². The first kappa shape index (κ1) is 11.0. The van der Waals surface area contributed by atoms with Gasteiger partial charge in [0.25, 0.3) is 0 Å². The number of benzene rings is 1. The maximum atomic E-state index is 10.7. The molecule has 0 radical (unpaired) electrons. The average molecular weight is 234 g/mol. The predicted molar refractivity (Wildman–Crippen MR) is 54.3 cm³/mol. The quantitative estimate of drug-likeness (QED) is 0.757. The van der Waals surface area contributed by atoms with Crippen LogP contribution >= 0.6 is 11.6 Å². The Labute approximate surface area is 87.8 Å². The van der Waals surface area contributed by atoms with E-state index in [0.717, 1.165) is 0 Å². The summed E-state index contributed by atoms with van der Waals surface area (Å²) in [6.07, 6.45) is 0. The molecular weight excluding hydrogens is 226 g/mol. The molecule has 0 aliphatic heterocycles. The molecule has 0 aromatic heterocycles. The second-order valence-electron chi connectivity index (χ2n) is 2.60. The van der Waals surface area contributed by atoms with Crippen molar-refractivity contribution in [2.45, 2.75) is 11.8 Å². The Bertz CT molecular complexity index is 434. The van der Waals surface area contributed by atoms with Gasteiger partial charge in [0.05, 0.1) is 15.6 Å². The molecule has 0 unspecified atom stereocenters. The molecular formula is C8H8ClNO3S. The van der Waals surface area contributed by atoms with Crippen molar-refractivity contribution in [1.29, 1.82) is 0 Å². The van der Waals surface area contributed by atoms with Crippen LogP contribution in [0.15, 0.2) is 23.1 Å². The van der Waals surface area contributed by atoms with E-state index in [4.69, 9.17) is 11.6 Å². The number of halogens is 1. The average Bonchev–Trinajstić information content (AvgIpc) is 2.07. The zero-order valence-electron chi connectivity index (χ0n) is 7.28. The van der Waals surface area contributed by atoms with Gasteiger partial charge in [-0.15, -0.1) is 0 Å². The van der Waals surface area contributed by atoms with Gasteiger partial charge in [0, 0.05) is 6.92 Å². The van der Waals surface area contributed by atoms with Crippen molar-refractivity contribution < 1.29 is 13.2 Å². The van der Waals surface area contributed by atoms with Crippen LogP contribution in [0.4, 0.5) is 5.69 Å². The molecule has 1 rings (SSSR count). The molecule has 0 aliphatic rings. The molecule has 0 bridgehead atoms. The van der Waals surface area contributed by atoms with Gasteiger partial charge in [0.2, 0.25) is 5.91 Å². The van der Waals surface area contributed by atoms with Crippen LogP contribution in [0.25, 0.3) is 0 Å². The topological polar surface area (TPSA) is 63.2 Å². The van der Waals surface area contributed by atoms with Gasteiger partial charge in [-0.1, -0.05) is 11.6 Å². The van der Waals surface area contributed by atoms with Gasteiger partial charge in [-0.25, -0.2) is 8.42 Å². The first-order chi connectivity index (χ1) is 6.50. The normalized spacial score (nSPS) is 10.2. The smallest absolute Gasteiger partial charge is 0.221 e. The molecule has 1 N–H and O–H groups in total. The molecule has 6 heteroatoms. The van der Waals surface area contributed by atoms with Crippen LogP contribution in [0.5, 0.6) is 0 Å². The molecule has 1 aromatic carbocycles. The van der Waals surface area contributed by atoms with E-state index >= 15 is 0 Å². The summed E-state index contributed by atoms with van der Waals surface area (Å²) in [5.41, 5.74) is 0.403. The summed E-state index contributed by atoms with van der Waals surface area (Å²) < 4.78 is 21.2. The molecule has 0 aliphatic carbocycles. The lowest BCUT2D eigenvalue weighted by Gasteiger charge is -2.04. The van der Waals surface area contributed by atoms with Gasteiger partial charge in [0.1, 0.15) is 0 Å². The molecule has 0 heterocycles. The number of thiol groups is 1. The number of carbonyl (C=O) groups excluding carboxylic acids is 1. The highest BCUT2D eigenvalue weighted by atomic mass is 35.5. The Morgan fingerprint density at radius 3 is 2.50 bits per heavy atom. The standard InChI is InChI=1S/C8H8ClNO3S/c1-5(11)10-8-3-2-6(14(12)13)4-7(8)9/h2-4,14H,1H3,(H,10,11). The van der Waals surface area contributed by atoms with E-state index in [0.29, 0.717) is 5.69 Å². The number of nitrogens with one attached hydrogen (secondary N) is 1. The highest BCUT2D eigenvalue weighted by Crippen LogP contribution is 2.23. The van der Waals surface area contributed by atoms with Crippen molar-refractivity contribution in [2.75, 3.05) is 5.32 Å². The van der Waals surface area contributed by atoms with Gasteiger partial charge in [-0.2, -0.15) is 0 Å². The molecule has 4 nitrogen and oxygen atoms in total. The van der Waals surface area contributed by atoms with E-state index in [-0.39, 0.29) is 15.8 Å². The van der Waals surface area contributed by atoms with E-state index in [1.807, 2.05) is 0 Å². The number of hydrogen-bond acceptors (Lipinski definition) is 3. The molecule has 0 atom stereocenters. The second kappa shape index (κ2) is 4.43. The summed E-state index contributed by atoms with van der Waals surface area (Å²) in [7, 11) is -2.64. The van der Waals surface area contributed by atoms with E-state index in [1.165, 1.54) is 25.1 Å². The first-order valence-corrected chi connectivity index (χ1v) is 5.28. The lowest BCUT2D eigenvalue weighted by molar-refractivity contribution is -0.114. The summed E-state index contributed by atoms with van der Waals surface area (Å²) in [6, 6.07) is 4.12. The predicted octanol–water partition coefficient (Wildman–Crippen LogP) is 1.27. The molecule has 0 saturated carbocycles. The Kier molecular flexibility index (Phi) is 3.49. The minimum Gasteiger partial charge on any atom is -0.325 e. The lowest BCUT2D eigenvalue weighted by atomic mass is 10.3. The largest absolute Gasteiger partial charge is 0.325 e. The number of amides is 1. The molecule has 14 heavy (non-hydrogen) atoms. The Morgan fingerprint density at radius 2 is 2.07 bits per heavy atom. The van der Waals surface area contributed by atoms with Crippen molar-refractivity contribution in [2.24, 2.45) is 0 Å². The number of anilines is 1. The van der Waals surface area contributed by atoms with E-state index in [2.05, 4.69) is 5.32 Å². The Morgan fingerprint density at radius 1 is 1.43 bits per heavy atom. The van der Waals surface area contributed by atoms with E-state index in [1.54, 1.807) is 0 Å². The fourth-order valence-corrected chi connectivity index (χ4v) is 1.64. The number of hydrogen-bond donors (Lipinski definition) is 2. The first-order valence-electron chi connectivity index (χ1n) is 3.72. The van der Waals surface area contributed by atoms with Gasteiger partial charge in [-0.05, 0) is 18.2 Å². The highest BCUT2D eigenvalue weighted by molar-refractivity contribution is 7.72. The van der Waals surface area contributed by atoms with Crippen LogP contribution in [0.2, 0.25) is 5.02 Å². The minimum atomic E-state index is -2.64. The van der Waals surface area contributed by atoms with Crippen LogP contribution in [-0.4, -0.2) is 14.3 Å². The van der Waals surface area contributed by atoms with Crippen molar-refractivity contribution in [3.8, 4) is 0 Å². The van der Waals surface area contributed by atoms with Crippen LogP contribution in [0.3, 0.4) is 0 Å². The Hall–Kier alpha value is -1.07. The van der Waals surface area contributed by atoms with Crippen LogP contribution in [0, 0.1) is 0 Å². The third kappa shape index (κ3) is 2.71. The molecule has 1 aromatic rings. The monoisotopic (exact) mass is 233 g/mol. The summed E-state index contributed by atoms with van der Waals surface area (Å²) in [6.45, 7) is 1.35. The fraction of sp³-hybridized carbons (Fsp3) is 0.125. The Balaban J connectivity index is 3.07. The van der Waals surface area contributed by atoms with Gasteiger partial charge >= 0.3 is 0 Å². The lowest BCUT2D eigenvalue weighted by Crippen LogP contribution is -2.06. The summed E-state index contributed by atoms with van der Waals surface area (Å²) in [5.74, 6) is -0.258. The number of carbonyl (C=O) groups is 1. The fourth-order valence-electron chi connectivity index (χ4n) is 0.909. The van der Waals surface area contributed by atoms with Gasteiger partial charge in [-0.3, -0.25) is 4.79 Å². The van der Waals surface area contributed by atoms with Crippen LogP contribution < -0.4 is 5.32 Å². The van der Waals surface area contributed by atoms with Crippen molar-refractivity contribution >= 4 is 33.9 Å². The number of rotatable bonds is 2. The summed E-state index contributed by atoms with van der Waals surface area (Å²) >= 11 is 5.74. The summed E-state index contributed by atoms with van der Waals surface area (Å²) in [4.78, 5) is 10.8. The van der Waals surface area contributed by atoms with Crippen molar-refractivity contribution in [3.05, 3.63) is 23.2 Å². The maximum Gasteiger partial charge on any atom is 0.221 e. The summed E-state index contributed by atoms with van der Waals surface area (Å²) in [5, 5.41) is 2.68. The molecule has 0 fully saturated rings. The third-order valence-corrected chi connectivity index (χ3v) is 2.49. The molecule has 0 saturated heterocycles. The van der Waals surface area contributed by atoms with Gasteiger partial charge in [0.15, 0.2) is 10.7 Å². The second-order valence-corrected chi connectivity index (χ2v) is 4.04. The van der Waals surface area contributed by atoms with Crippen molar-refractivity contribution in [3.63, 3.8) is 0 Å². The third-order valence-electron chi connectivity index (χ3n) is 1.47. The SMILES string of the molecule is CC(=O)Nc1ccc([SH](=O)=O)cc1Cl. The maximum absolute atomic E-state index is 10.7. The van der Waals surface area contributed by atoms with Crippen LogP contribution in [-0.2, 0) is 15.5 Å². The molecule has 0 spiro atoms. The molecule has 76 valence electrons. The van der Waals surface area contributed by atoms with Crippen LogP contribution in [0.1, 0.15) is 6.92 Å². The molecule has 1 amide bonds. The van der Waals surface area contributed by atoms with E-state index < -0.39 is 10.7 Å². The van der Waals surface area contributed by atoms with Crippen molar-refractivity contribution in [1.82, 2.24) is 0 Å².